The number of carbonyl (C=O) groups excluding carboxylic acids is 2. The second-order valence-electron chi connectivity index (χ2n) is 7.83. The van der Waals surface area contributed by atoms with Gasteiger partial charge in [-0.05, 0) is 48.9 Å². The number of ether oxygens (including phenoxy) is 1. The number of hydrogen-bond donors (Lipinski definition) is 3. The average molecular weight is 455 g/mol. The van der Waals surface area contributed by atoms with Crippen LogP contribution in [-0.4, -0.2) is 74.2 Å². The highest BCUT2D eigenvalue weighted by Gasteiger charge is 2.22. The van der Waals surface area contributed by atoms with Crippen molar-refractivity contribution in [3.05, 3.63) is 53.6 Å². The van der Waals surface area contributed by atoms with Gasteiger partial charge in [-0.2, -0.15) is 0 Å². The molecule has 0 bridgehead atoms. The molecule has 3 rings (SSSR count). The van der Waals surface area contributed by atoms with E-state index < -0.39 is 5.97 Å². The highest BCUT2D eigenvalue weighted by atomic mass is 16.5. The molecule has 0 radical (unpaired) electrons. The van der Waals surface area contributed by atoms with E-state index in [-0.39, 0.29) is 17.4 Å². The molecule has 0 aliphatic carbocycles. The molecule has 176 valence electrons. The van der Waals surface area contributed by atoms with Gasteiger partial charge in [0.2, 0.25) is 5.91 Å². The third-order valence-electron chi connectivity index (χ3n) is 5.50. The SMILES string of the molecule is CCCNC(=O)CN1CCN(c2ccc(C(=O)O)cc2NC(=O)c2ccc(OC)cc2)CC1. The van der Waals surface area contributed by atoms with Gasteiger partial charge in [0.1, 0.15) is 5.75 Å². The summed E-state index contributed by atoms with van der Waals surface area (Å²) in [6, 6.07) is 11.4. The van der Waals surface area contributed by atoms with Crippen LogP contribution in [0.1, 0.15) is 34.1 Å². The van der Waals surface area contributed by atoms with E-state index in [2.05, 4.69) is 20.4 Å². The van der Waals surface area contributed by atoms with Crippen molar-refractivity contribution >= 4 is 29.2 Å². The minimum Gasteiger partial charge on any atom is -0.497 e. The third kappa shape index (κ3) is 6.45. The molecule has 9 nitrogen and oxygen atoms in total. The summed E-state index contributed by atoms with van der Waals surface area (Å²) < 4.78 is 5.13. The first kappa shape index (κ1) is 24.1. The van der Waals surface area contributed by atoms with Gasteiger partial charge in [0, 0.05) is 38.3 Å². The Balaban J connectivity index is 1.72. The van der Waals surface area contributed by atoms with Crippen LogP contribution in [-0.2, 0) is 4.79 Å². The number of amides is 2. The maximum absolute atomic E-state index is 12.8. The first-order chi connectivity index (χ1) is 15.9. The Morgan fingerprint density at radius 1 is 1.00 bits per heavy atom. The zero-order valence-corrected chi connectivity index (χ0v) is 19.0. The van der Waals surface area contributed by atoms with Crippen LogP contribution in [0.4, 0.5) is 11.4 Å². The maximum atomic E-state index is 12.8. The van der Waals surface area contributed by atoms with Crippen LogP contribution in [0.3, 0.4) is 0 Å². The summed E-state index contributed by atoms with van der Waals surface area (Å²) in [7, 11) is 1.55. The summed E-state index contributed by atoms with van der Waals surface area (Å²) in [5.41, 5.74) is 1.71. The van der Waals surface area contributed by atoms with Crippen molar-refractivity contribution in [1.82, 2.24) is 10.2 Å². The number of methoxy groups -OCH3 is 1. The summed E-state index contributed by atoms with van der Waals surface area (Å²) in [6.45, 7) is 5.72. The zero-order valence-electron chi connectivity index (χ0n) is 19.0. The summed E-state index contributed by atoms with van der Waals surface area (Å²) >= 11 is 0. The molecule has 1 heterocycles. The number of anilines is 2. The van der Waals surface area contributed by atoms with E-state index in [4.69, 9.17) is 4.74 Å². The maximum Gasteiger partial charge on any atom is 0.335 e. The molecule has 0 aromatic heterocycles. The van der Waals surface area contributed by atoms with Gasteiger partial charge < -0.3 is 25.4 Å². The molecule has 1 saturated heterocycles. The molecule has 1 aliphatic heterocycles. The molecular weight excluding hydrogens is 424 g/mol. The Labute approximate surface area is 193 Å². The number of nitrogens with one attached hydrogen (secondary N) is 2. The molecule has 0 spiro atoms. The molecule has 0 atom stereocenters. The van der Waals surface area contributed by atoms with Gasteiger partial charge in [-0.25, -0.2) is 4.79 Å². The number of carboxylic acids is 1. The number of benzene rings is 2. The third-order valence-corrected chi connectivity index (χ3v) is 5.50. The van der Waals surface area contributed by atoms with Crippen LogP contribution in [0.15, 0.2) is 42.5 Å². The molecule has 2 aromatic carbocycles. The summed E-state index contributed by atoms with van der Waals surface area (Å²) in [5, 5.41) is 15.2. The van der Waals surface area contributed by atoms with Crippen molar-refractivity contribution in [2.75, 3.05) is 56.6 Å². The zero-order chi connectivity index (χ0) is 23.8. The lowest BCUT2D eigenvalue weighted by atomic mass is 10.1. The van der Waals surface area contributed by atoms with E-state index in [1.807, 2.05) is 6.92 Å². The van der Waals surface area contributed by atoms with E-state index in [1.165, 1.54) is 12.1 Å². The van der Waals surface area contributed by atoms with Gasteiger partial charge >= 0.3 is 5.97 Å². The first-order valence-corrected chi connectivity index (χ1v) is 11.0. The van der Waals surface area contributed by atoms with E-state index in [0.29, 0.717) is 56.3 Å². The molecular formula is C24H30N4O5. The van der Waals surface area contributed by atoms with Gasteiger partial charge in [0.05, 0.1) is 30.6 Å². The number of carboxylic acid groups (broad SMARTS) is 1. The quantitative estimate of drug-likeness (QED) is 0.533. The van der Waals surface area contributed by atoms with Crippen molar-refractivity contribution in [3.8, 4) is 5.75 Å². The fourth-order valence-electron chi connectivity index (χ4n) is 3.65. The number of carbonyl (C=O) groups is 3. The monoisotopic (exact) mass is 454 g/mol. The van der Waals surface area contributed by atoms with Gasteiger partial charge in [-0.1, -0.05) is 6.92 Å². The second kappa shape index (κ2) is 11.3. The standard InChI is InChI=1S/C24H30N4O5/c1-3-10-25-22(29)16-27-11-13-28(14-12-27)21-9-6-18(24(31)32)15-20(21)26-23(30)17-4-7-19(33-2)8-5-17/h4-9,15H,3,10-14,16H2,1-2H3,(H,25,29)(H,26,30)(H,31,32). The highest BCUT2D eigenvalue weighted by Crippen LogP contribution is 2.29. The Hall–Kier alpha value is -3.59. The minimum absolute atomic E-state index is 0.0172. The lowest BCUT2D eigenvalue weighted by Gasteiger charge is -2.36. The fourth-order valence-corrected chi connectivity index (χ4v) is 3.65. The van der Waals surface area contributed by atoms with Crippen LogP contribution < -0.4 is 20.3 Å². The Morgan fingerprint density at radius 2 is 1.67 bits per heavy atom. The summed E-state index contributed by atoms with van der Waals surface area (Å²) in [5.74, 6) is -0.748. The van der Waals surface area contributed by atoms with Gasteiger partial charge in [-0.15, -0.1) is 0 Å². The van der Waals surface area contributed by atoms with Crippen molar-refractivity contribution in [1.29, 1.82) is 0 Å². The molecule has 1 aliphatic rings. The van der Waals surface area contributed by atoms with Gasteiger partial charge in [-0.3, -0.25) is 14.5 Å². The molecule has 2 amide bonds. The number of aromatic carboxylic acids is 1. The first-order valence-electron chi connectivity index (χ1n) is 11.0. The van der Waals surface area contributed by atoms with Crippen LogP contribution in [0, 0.1) is 0 Å². The largest absolute Gasteiger partial charge is 0.497 e. The molecule has 3 N–H and O–H groups in total. The van der Waals surface area contributed by atoms with E-state index >= 15 is 0 Å². The smallest absolute Gasteiger partial charge is 0.335 e. The van der Waals surface area contributed by atoms with Crippen molar-refractivity contribution in [3.63, 3.8) is 0 Å². The number of hydrogen-bond acceptors (Lipinski definition) is 6. The van der Waals surface area contributed by atoms with Crippen molar-refractivity contribution in [2.45, 2.75) is 13.3 Å². The number of rotatable bonds is 9. The lowest BCUT2D eigenvalue weighted by molar-refractivity contribution is -0.122. The summed E-state index contributed by atoms with van der Waals surface area (Å²) in [6.07, 6.45) is 0.900. The molecule has 1 fully saturated rings. The Kier molecular flexibility index (Phi) is 8.26. The van der Waals surface area contributed by atoms with Crippen molar-refractivity contribution < 1.29 is 24.2 Å². The Bertz CT molecular complexity index is 985. The van der Waals surface area contributed by atoms with E-state index in [9.17, 15) is 19.5 Å². The number of piperazine rings is 1. The van der Waals surface area contributed by atoms with Crippen LogP contribution in [0.5, 0.6) is 5.75 Å². The van der Waals surface area contributed by atoms with E-state index in [1.54, 1.807) is 37.4 Å². The van der Waals surface area contributed by atoms with Crippen LogP contribution in [0.25, 0.3) is 0 Å². The Morgan fingerprint density at radius 3 is 2.27 bits per heavy atom. The number of nitrogens with zero attached hydrogens (tertiary/aromatic N) is 2. The van der Waals surface area contributed by atoms with Crippen LogP contribution >= 0.6 is 0 Å². The predicted octanol–water partition coefficient (Wildman–Crippen LogP) is 2.29. The topological polar surface area (TPSA) is 111 Å². The summed E-state index contributed by atoms with van der Waals surface area (Å²) in [4.78, 5) is 40.5. The van der Waals surface area contributed by atoms with Gasteiger partial charge in [0.15, 0.2) is 0 Å². The normalized spacial score (nSPS) is 13.9. The molecule has 0 unspecified atom stereocenters. The molecule has 9 heteroatoms. The lowest BCUT2D eigenvalue weighted by Crippen LogP contribution is -2.49. The second-order valence-corrected chi connectivity index (χ2v) is 7.83. The predicted molar refractivity (Wildman–Crippen MR) is 126 cm³/mol. The highest BCUT2D eigenvalue weighted by molar-refractivity contribution is 6.06. The molecule has 0 saturated carbocycles. The molecule has 2 aromatic rings. The van der Waals surface area contributed by atoms with Gasteiger partial charge in [0.25, 0.3) is 5.91 Å². The fraction of sp³-hybridized carbons (Fsp3) is 0.375. The van der Waals surface area contributed by atoms with E-state index in [0.717, 1.165) is 12.1 Å². The minimum atomic E-state index is -1.07. The molecule has 33 heavy (non-hydrogen) atoms. The van der Waals surface area contributed by atoms with Crippen molar-refractivity contribution in [2.24, 2.45) is 0 Å². The van der Waals surface area contributed by atoms with Crippen LogP contribution in [0.2, 0.25) is 0 Å². The average Bonchev–Trinajstić information content (AvgIpc) is 2.83.